The second kappa shape index (κ2) is 13.3. The Hall–Kier alpha value is 0.317. The van der Waals surface area contributed by atoms with E-state index in [9.17, 15) is 0 Å². The molecular formula is C6H16LiNO6. The number of hydrogen-bond acceptors (Lipinski definition) is 7. The molecule has 0 heterocycles. The molecule has 0 aromatic rings. The molecule has 0 aromatic carbocycles. The zero-order chi connectivity index (χ0) is 9.94. The maximum absolute atomic E-state index is 8.40. The van der Waals surface area contributed by atoms with Crippen molar-refractivity contribution in [1.82, 2.24) is 5.39 Å². The van der Waals surface area contributed by atoms with Gasteiger partial charge in [0.1, 0.15) is 0 Å². The maximum atomic E-state index is 8.40. The molecule has 0 saturated heterocycles. The van der Waals surface area contributed by atoms with Crippen molar-refractivity contribution in [2.45, 2.75) is 0 Å². The molecule has 0 spiro atoms. The molecule has 0 aliphatic carbocycles. The van der Waals surface area contributed by atoms with Crippen molar-refractivity contribution in [1.29, 1.82) is 0 Å². The first-order chi connectivity index (χ1) is 6.35. The molecule has 0 aliphatic rings. The molecule has 8 heteroatoms. The summed E-state index contributed by atoms with van der Waals surface area (Å²) < 4.78 is 0. The van der Waals surface area contributed by atoms with E-state index in [-0.39, 0.29) is 58.5 Å². The van der Waals surface area contributed by atoms with E-state index >= 15 is 0 Å². The van der Waals surface area contributed by atoms with Crippen LogP contribution in [0.2, 0.25) is 0 Å². The van der Waals surface area contributed by atoms with Crippen LogP contribution in [0.4, 0.5) is 0 Å². The van der Waals surface area contributed by atoms with Crippen molar-refractivity contribution in [3.63, 3.8) is 0 Å². The second-order valence-corrected chi connectivity index (χ2v) is 1.89. The first kappa shape index (κ1) is 16.7. The molecule has 14 heavy (non-hydrogen) atoms. The van der Waals surface area contributed by atoms with Gasteiger partial charge in [-0.2, -0.15) is 0 Å². The van der Waals surface area contributed by atoms with Crippen LogP contribution in [0.15, 0.2) is 0 Å². The fourth-order valence-corrected chi connectivity index (χ4v) is 0.458. The van der Waals surface area contributed by atoms with Crippen LogP contribution in [0, 0.1) is 0 Å². The van der Waals surface area contributed by atoms with Crippen LogP contribution in [-0.4, -0.2) is 79.2 Å². The van der Waals surface area contributed by atoms with Gasteiger partial charge in [0.05, 0.1) is 45.0 Å². The van der Waals surface area contributed by atoms with E-state index in [1.54, 1.807) is 0 Å². The Morgan fingerprint density at radius 2 is 1.00 bits per heavy atom. The predicted molar refractivity (Wildman–Crippen MR) is 48.1 cm³/mol. The molecule has 0 saturated carbocycles. The average molecular weight is 205 g/mol. The Labute approximate surface area is 94.2 Å². The zero-order valence-electron chi connectivity index (χ0n) is 7.26. The number of aliphatic hydroxyl groups excluding tert-OH is 3. The van der Waals surface area contributed by atoms with Crippen molar-refractivity contribution >= 4 is 18.9 Å². The van der Waals surface area contributed by atoms with Crippen molar-refractivity contribution in [2.75, 3.05) is 39.6 Å². The molecule has 82 valence electrons. The van der Waals surface area contributed by atoms with Gasteiger partial charge in [0.15, 0.2) is 0 Å². The fraction of sp³-hybridized carbons (Fsp3) is 1.00. The summed E-state index contributed by atoms with van der Waals surface area (Å²) in [4.78, 5) is 14.1. The molecule has 0 fully saturated rings. The molecule has 0 radical (unpaired) electrons. The van der Waals surface area contributed by atoms with E-state index < -0.39 is 0 Å². The number of aliphatic hydroxyl groups is 3. The van der Waals surface area contributed by atoms with Gasteiger partial charge in [-0.15, -0.1) is 0 Å². The minimum absolute atomic E-state index is 0. The van der Waals surface area contributed by atoms with Gasteiger partial charge in [-0.3, -0.25) is 0 Å². The average Bonchev–Trinajstić information content (AvgIpc) is 2.17. The van der Waals surface area contributed by atoms with Crippen LogP contribution in [0.3, 0.4) is 0 Å². The van der Waals surface area contributed by atoms with E-state index in [1.165, 1.54) is 0 Å². The normalized spacial score (nSPS) is 10.3. The third-order valence-corrected chi connectivity index (χ3v) is 0.864. The third-order valence-electron chi connectivity index (χ3n) is 0.864. The van der Waals surface area contributed by atoms with Gasteiger partial charge in [-0.05, 0) is 0 Å². The Bertz CT molecular complexity index is 89.3. The Morgan fingerprint density at radius 1 is 0.714 bits per heavy atom. The summed E-state index contributed by atoms with van der Waals surface area (Å²) in [5.41, 5.74) is 0. The number of nitrogens with zero attached hydrogens (tertiary/aromatic N) is 1. The van der Waals surface area contributed by atoms with Gasteiger partial charge in [0, 0.05) is 0 Å². The minimum atomic E-state index is -0.179. The summed E-state index contributed by atoms with van der Waals surface area (Å²) in [7, 11) is 0. The first-order valence-corrected chi connectivity index (χ1v) is 3.86. The summed E-state index contributed by atoms with van der Waals surface area (Å²) in [6.07, 6.45) is 0. The Balaban J connectivity index is 0. The number of rotatable bonds is 9. The summed E-state index contributed by atoms with van der Waals surface area (Å²) in [5, 5.41) is 25.9. The van der Waals surface area contributed by atoms with Crippen LogP contribution in [-0.2, 0) is 14.5 Å². The van der Waals surface area contributed by atoms with Crippen molar-refractivity contribution in [3.8, 4) is 0 Å². The molecule has 0 aliphatic heterocycles. The van der Waals surface area contributed by atoms with Crippen LogP contribution in [0.1, 0.15) is 0 Å². The molecule has 3 N–H and O–H groups in total. The van der Waals surface area contributed by atoms with Crippen molar-refractivity contribution < 1.29 is 29.8 Å². The fourth-order valence-electron chi connectivity index (χ4n) is 0.458. The SMILES string of the molecule is OCCON(OCCO)OCCO.[LiH]. The molecule has 0 unspecified atom stereocenters. The summed E-state index contributed by atoms with van der Waals surface area (Å²) in [6.45, 7) is -0.505. The Kier molecular flexibility index (Phi) is 15.9. The van der Waals surface area contributed by atoms with Crippen LogP contribution in [0.5, 0.6) is 0 Å². The van der Waals surface area contributed by atoms with Gasteiger partial charge in [-0.1, -0.05) is 0 Å². The molecule has 0 atom stereocenters. The molecule has 0 rings (SSSR count). The van der Waals surface area contributed by atoms with E-state index in [0.717, 1.165) is 0 Å². The molecule has 0 amide bonds. The van der Waals surface area contributed by atoms with Crippen LogP contribution in [0.25, 0.3) is 0 Å². The standard InChI is InChI=1S/C6H15NO6.Li.H/c8-1-4-11-7(12-5-2-9)13-6-3-10;;/h8-10H,1-6H2;;. The number of hydrogen-bond donors (Lipinski definition) is 3. The van der Waals surface area contributed by atoms with Gasteiger partial charge in [0.2, 0.25) is 0 Å². The van der Waals surface area contributed by atoms with E-state index in [4.69, 9.17) is 29.8 Å². The first-order valence-electron chi connectivity index (χ1n) is 3.86. The van der Waals surface area contributed by atoms with E-state index in [0.29, 0.717) is 5.39 Å². The van der Waals surface area contributed by atoms with Crippen molar-refractivity contribution in [2.24, 2.45) is 0 Å². The monoisotopic (exact) mass is 205 g/mol. The third kappa shape index (κ3) is 10.4. The Morgan fingerprint density at radius 3 is 1.21 bits per heavy atom. The zero-order valence-corrected chi connectivity index (χ0v) is 7.26. The molecule has 7 nitrogen and oxygen atoms in total. The van der Waals surface area contributed by atoms with E-state index in [1.807, 2.05) is 0 Å². The summed E-state index contributed by atoms with van der Waals surface area (Å²) in [5.74, 6) is 0. The van der Waals surface area contributed by atoms with Gasteiger partial charge in [0.25, 0.3) is 0 Å². The van der Waals surface area contributed by atoms with Crippen LogP contribution >= 0.6 is 0 Å². The van der Waals surface area contributed by atoms with Gasteiger partial charge in [-0.25, -0.2) is 14.5 Å². The summed E-state index contributed by atoms with van der Waals surface area (Å²) >= 11 is 0. The summed E-state index contributed by atoms with van der Waals surface area (Å²) in [6, 6.07) is 0. The quantitative estimate of drug-likeness (QED) is 0.281. The predicted octanol–water partition coefficient (Wildman–Crippen LogP) is -2.59. The van der Waals surface area contributed by atoms with Gasteiger partial charge < -0.3 is 15.3 Å². The molecular weight excluding hydrogens is 189 g/mol. The molecule has 0 bridgehead atoms. The topological polar surface area (TPSA) is 91.6 Å². The second-order valence-electron chi connectivity index (χ2n) is 1.89. The van der Waals surface area contributed by atoms with Crippen LogP contribution < -0.4 is 0 Å². The van der Waals surface area contributed by atoms with Crippen molar-refractivity contribution in [3.05, 3.63) is 0 Å². The van der Waals surface area contributed by atoms with E-state index in [2.05, 4.69) is 0 Å². The molecule has 0 aromatic heterocycles. The van der Waals surface area contributed by atoms with Gasteiger partial charge >= 0.3 is 18.9 Å².